The SMILES string of the molecule is NS(=O)(=O)c1ccc(-c2cc[c]cc2O)cc1. The van der Waals surface area contributed by atoms with Crippen molar-refractivity contribution in [2.75, 3.05) is 0 Å². The number of primary sulfonamides is 1. The highest BCUT2D eigenvalue weighted by Crippen LogP contribution is 2.28. The maximum Gasteiger partial charge on any atom is 0.238 e. The van der Waals surface area contributed by atoms with Crippen molar-refractivity contribution in [2.45, 2.75) is 4.90 Å². The van der Waals surface area contributed by atoms with Crippen molar-refractivity contribution in [3.63, 3.8) is 0 Å². The second kappa shape index (κ2) is 4.20. The molecule has 0 spiro atoms. The first kappa shape index (κ1) is 11.6. The number of sulfonamides is 1. The van der Waals surface area contributed by atoms with Crippen LogP contribution >= 0.6 is 0 Å². The number of phenols is 1. The normalized spacial score (nSPS) is 11.4. The molecule has 0 heterocycles. The summed E-state index contributed by atoms with van der Waals surface area (Å²) in [6.45, 7) is 0. The summed E-state index contributed by atoms with van der Waals surface area (Å²) in [5.74, 6) is 0.0934. The Kier molecular flexibility index (Phi) is 2.87. The highest BCUT2D eigenvalue weighted by atomic mass is 32.2. The van der Waals surface area contributed by atoms with Gasteiger partial charge in [-0.05, 0) is 29.8 Å². The number of nitrogens with two attached hydrogens (primary N) is 1. The van der Waals surface area contributed by atoms with Crippen LogP contribution in [-0.2, 0) is 10.0 Å². The maximum atomic E-state index is 11.1. The maximum absolute atomic E-state index is 11.1. The van der Waals surface area contributed by atoms with E-state index < -0.39 is 10.0 Å². The van der Waals surface area contributed by atoms with Crippen LogP contribution in [-0.4, -0.2) is 13.5 Å². The van der Waals surface area contributed by atoms with Crippen molar-refractivity contribution in [3.05, 3.63) is 48.5 Å². The Hall–Kier alpha value is -1.85. The summed E-state index contributed by atoms with van der Waals surface area (Å²) < 4.78 is 22.1. The van der Waals surface area contributed by atoms with Gasteiger partial charge in [-0.25, -0.2) is 13.6 Å². The van der Waals surface area contributed by atoms with E-state index in [1.807, 2.05) is 0 Å². The van der Waals surface area contributed by atoms with E-state index in [9.17, 15) is 13.5 Å². The third-order valence-electron chi connectivity index (χ3n) is 2.34. The summed E-state index contributed by atoms with van der Waals surface area (Å²) in [6.07, 6.45) is 0. The third kappa shape index (κ3) is 2.46. The van der Waals surface area contributed by atoms with Gasteiger partial charge in [-0.3, -0.25) is 0 Å². The van der Waals surface area contributed by atoms with Crippen molar-refractivity contribution in [1.82, 2.24) is 0 Å². The number of benzene rings is 2. The molecular weight excluding hydrogens is 238 g/mol. The standard InChI is InChI=1S/C12H10NO3S/c13-17(15,16)10-7-5-9(6-8-10)11-3-1-2-4-12(11)14/h1,3-8,14H,(H2,13,15,16). The molecular formula is C12H10NO3S. The van der Waals surface area contributed by atoms with Crippen LogP contribution in [0.4, 0.5) is 0 Å². The second-order valence-corrected chi connectivity index (χ2v) is 5.07. The molecule has 0 aliphatic rings. The number of hydrogen-bond acceptors (Lipinski definition) is 3. The molecule has 2 aromatic carbocycles. The fraction of sp³-hybridized carbons (Fsp3) is 0. The molecule has 2 rings (SSSR count). The molecule has 0 fully saturated rings. The molecule has 0 unspecified atom stereocenters. The Morgan fingerprint density at radius 3 is 2.29 bits per heavy atom. The zero-order chi connectivity index (χ0) is 12.5. The average Bonchev–Trinajstić information content (AvgIpc) is 2.29. The minimum Gasteiger partial charge on any atom is -0.507 e. The van der Waals surface area contributed by atoms with Crippen molar-refractivity contribution in [2.24, 2.45) is 5.14 Å². The van der Waals surface area contributed by atoms with Crippen molar-refractivity contribution < 1.29 is 13.5 Å². The van der Waals surface area contributed by atoms with Crippen molar-refractivity contribution in [3.8, 4) is 16.9 Å². The summed E-state index contributed by atoms with van der Waals surface area (Å²) in [7, 11) is -3.68. The van der Waals surface area contributed by atoms with Crippen LogP contribution in [0.3, 0.4) is 0 Å². The second-order valence-electron chi connectivity index (χ2n) is 3.51. The van der Waals surface area contributed by atoms with E-state index in [-0.39, 0.29) is 10.6 Å². The number of rotatable bonds is 2. The van der Waals surface area contributed by atoms with Gasteiger partial charge in [0, 0.05) is 5.56 Å². The first-order valence-electron chi connectivity index (χ1n) is 4.81. The van der Waals surface area contributed by atoms with Crippen molar-refractivity contribution in [1.29, 1.82) is 0 Å². The molecule has 2 aromatic rings. The smallest absolute Gasteiger partial charge is 0.238 e. The molecule has 87 valence electrons. The molecule has 0 amide bonds. The Labute approximate surface area is 99.4 Å². The largest absolute Gasteiger partial charge is 0.507 e. The number of hydrogen-bond donors (Lipinski definition) is 2. The summed E-state index contributed by atoms with van der Waals surface area (Å²) in [5.41, 5.74) is 1.33. The zero-order valence-corrected chi connectivity index (χ0v) is 9.61. The monoisotopic (exact) mass is 248 g/mol. The van der Waals surface area contributed by atoms with Gasteiger partial charge in [0.2, 0.25) is 10.0 Å². The van der Waals surface area contributed by atoms with Crippen LogP contribution in [0, 0.1) is 6.07 Å². The first-order valence-corrected chi connectivity index (χ1v) is 6.35. The lowest BCUT2D eigenvalue weighted by molar-refractivity contribution is 0.477. The van der Waals surface area contributed by atoms with Crippen LogP contribution in [0.2, 0.25) is 0 Å². The van der Waals surface area contributed by atoms with Crippen LogP contribution in [0.1, 0.15) is 0 Å². The predicted molar refractivity (Wildman–Crippen MR) is 63.8 cm³/mol. The lowest BCUT2D eigenvalue weighted by Crippen LogP contribution is -2.11. The van der Waals surface area contributed by atoms with Gasteiger partial charge in [0.1, 0.15) is 5.75 Å². The molecule has 1 radical (unpaired) electrons. The van der Waals surface area contributed by atoms with E-state index in [4.69, 9.17) is 5.14 Å². The average molecular weight is 248 g/mol. The van der Waals surface area contributed by atoms with Gasteiger partial charge in [0.15, 0.2) is 0 Å². The Morgan fingerprint density at radius 1 is 1.12 bits per heavy atom. The van der Waals surface area contributed by atoms with Crippen LogP contribution in [0.15, 0.2) is 47.4 Å². The molecule has 0 aliphatic heterocycles. The van der Waals surface area contributed by atoms with Crippen LogP contribution in [0.25, 0.3) is 11.1 Å². The van der Waals surface area contributed by atoms with Gasteiger partial charge in [-0.15, -0.1) is 0 Å². The number of aromatic hydroxyl groups is 1. The topological polar surface area (TPSA) is 80.4 Å². The summed E-state index contributed by atoms with van der Waals surface area (Å²) in [6, 6.07) is 13.5. The van der Waals surface area contributed by atoms with Gasteiger partial charge < -0.3 is 5.11 Å². The molecule has 4 nitrogen and oxygen atoms in total. The minimum atomic E-state index is -3.68. The fourth-order valence-electron chi connectivity index (χ4n) is 1.49. The molecule has 17 heavy (non-hydrogen) atoms. The van der Waals surface area contributed by atoms with E-state index in [1.165, 1.54) is 18.2 Å². The van der Waals surface area contributed by atoms with E-state index in [1.54, 1.807) is 24.3 Å². The molecule has 0 saturated heterocycles. The quantitative estimate of drug-likeness (QED) is 0.845. The molecule has 0 aromatic heterocycles. The van der Waals surface area contributed by atoms with E-state index in [2.05, 4.69) is 6.07 Å². The third-order valence-corrected chi connectivity index (χ3v) is 3.27. The van der Waals surface area contributed by atoms with Gasteiger partial charge in [-0.2, -0.15) is 0 Å². The number of phenolic OH excluding ortho intramolecular Hbond substituents is 1. The summed E-state index contributed by atoms with van der Waals surface area (Å²) in [5, 5.41) is 14.6. The Bertz CT molecular complexity index is 633. The summed E-state index contributed by atoms with van der Waals surface area (Å²) in [4.78, 5) is 0.0447. The van der Waals surface area contributed by atoms with Crippen molar-refractivity contribution >= 4 is 10.0 Å². The molecule has 0 saturated carbocycles. The van der Waals surface area contributed by atoms with Gasteiger partial charge >= 0.3 is 0 Å². The van der Waals surface area contributed by atoms with Crippen LogP contribution in [0.5, 0.6) is 5.75 Å². The predicted octanol–water partition coefficient (Wildman–Crippen LogP) is 1.51. The minimum absolute atomic E-state index is 0.0447. The van der Waals surface area contributed by atoms with E-state index >= 15 is 0 Å². The Morgan fingerprint density at radius 2 is 1.76 bits per heavy atom. The highest BCUT2D eigenvalue weighted by molar-refractivity contribution is 7.89. The molecule has 3 N–H and O–H groups in total. The first-order chi connectivity index (χ1) is 7.98. The lowest BCUT2D eigenvalue weighted by atomic mass is 10.1. The molecule has 5 heteroatoms. The Balaban J connectivity index is 2.47. The van der Waals surface area contributed by atoms with Crippen LogP contribution < -0.4 is 5.14 Å². The fourth-order valence-corrected chi connectivity index (χ4v) is 2.01. The van der Waals surface area contributed by atoms with E-state index in [0.29, 0.717) is 11.1 Å². The van der Waals surface area contributed by atoms with Gasteiger partial charge in [0.05, 0.1) is 4.90 Å². The molecule has 0 aliphatic carbocycles. The van der Waals surface area contributed by atoms with E-state index in [0.717, 1.165) is 0 Å². The zero-order valence-electron chi connectivity index (χ0n) is 8.79. The van der Waals surface area contributed by atoms with Gasteiger partial charge in [-0.1, -0.05) is 24.3 Å². The molecule has 0 atom stereocenters. The molecule has 0 bridgehead atoms. The van der Waals surface area contributed by atoms with Gasteiger partial charge in [0.25, 0.3) is 0 Å². The summed E-state index contributed by atoms with van der Waals surface area (Å²) >= 11 is 0. The highest BCUT2D eigenvalue weighted by Gasteiger charge is 2.08. The lowest BCUT2D eigenvalue weighted by Gasteiger charge is -2.05.